The molecule has 22 heavy (non-hydrogen) atoms. The number of rotatable bonds is 10. The van der Waals surface area contributed by atoms with Crippen LogP contribution in [0, 0.1) is 0 Å². The number of nitrogens with one attached hydrogen (secondary N) is 1. The molecule has 1 rings (SSSR count). The van der Waals surface area contributed by atoms with E-state index in [4.69, 9.17) is 5.11 Å². The number of carboxylic acids is 1. The Labute approximate surface area is 132 Å². The van der Waals surface area contributed by atoms with E-state index in [0.29, 0.717) is 0 Å². The van der Waals surface area contributed by atoms with E-state index < -0.39 is 5.97 Å². The Kier molecular flexibility index (Phi) is 8.22. The zero-order valence-corrected chi connectivity index (χ0v) is 13.4. The van der Waals surface area contributed by atoms with Crippen LogP contribution < -0.4 is 5.32 Å². The Balaban J connectivity index is 2.76. The highest BCUT2D eigenvalue weighted by molar-refractivity contribution is 5.82. The Morgan fingerprint density at radius 1 is 1.23 bits per heavy atom. The molecule has 122 valence electrons. The second-order valence-corrected chi connectivity index (χ2v) is 5.33. The van der Waals surface area contributed by atoms with Crippen LogP contribution in [0.15, 0.2) is 30.3 Å². The highest BCUT2D eigenvalue weighted by atomic mass is 16.4. The second kappa shape index (κ2) is 9.95. The van der Waals surface area contributed by atoms with Crippen LogP contribution in [0.5, 0.6) is 0 Å². The lowest BCUT2D eigenvalue weighted by molar-refractivity contribution is -0.138. The van der Waals surface area contributed by atoms with Crippen molar-refractivity contribution in [2.75, 3.05) is 19.6 Å². The van der Waals surface area contributed by atoms with Crippen LogP contribution in [0.1, 0.15) is 44.7 Å². The van der Waals surface area contributed by atoms with E-state index in [1.165, 1.54) is 5.56 Å². The quantitative estimate of drug-likeness (QED) is 0.696. The van der Waals surface area contributed by atoms with Gasteiger partial charge in [-0.3, -0.25) is 14.5 Å². The molecule has 5 nitrogen and oxygen atoms in total. The zero-order chi connectivity index (χ0) is 16.4. The predicted molar refractivity (Wildman–Crippen MR) is 86.6 cm³/mol. The first-order valence-electron chi connectivity index (χ1n) is 7.85. The largest absolute Gasteiger partial charge is 0.480 e. The third kappa shape index (κ3) is 6.26. The van der Waals surface area contributed by atoms with Crippen molar-refractivity contribution in [3.8, 4) is 0 Å². The molecule has 5 heteroatoms. The molecule has 0 heterocycles. The molecular weight excluding hydrogens is 280 g/mol. The minimum Gasteiger partial charge on any atom is -0.480 e. The molecule has 0 saturated carbocycles. The average molecular weight is 306 g/mol. The predicted octanol–water partition coefficient (Wildman–Crippen LogP) is 2.44. The Hall–Kier alpha value is -1.88. The fraction of sp³-hybridized carbons (Fsp3) is 0.529. The van der Waals surface area contributed by atoms with Crippen molar-refractivity contribution in [3.63, 3.8) is 0 Å². The Morgan fingerprint density at radius 3 is 2.45 bits per heavy atom. The van der Waals surface area contributed by atoms with Crippen LogP contribution in [0.4, 0.5) is 0 Å². The number of carbonyl (C=O) groups is 2. The number of carboxylic acid groups (broad SMARTS) is 1. The maximum atomic E-state index is 12.0. The van der Waals surface area contributed by atoms with Gasteiger partial charge in [0.25, 0.3) is 0 Å². The SMILES string of the molecule is CCCCN(CC(=O)NCC(=O)O)C(CC)c1ccccc1. The van der Waals surface area contributed by atoms with Crippen molar-refractivity contribution >= 4 is 11.9 Å². The molecule has 1 unspecified atom stereocenters. The molecule has 0 aliphatic rings. The summed E-state index contributed by atoms with van der Waals surface area (Å²) in [6.07, 6.45) is 2.97. The van der Waals surface area contributed by atoms with Crippen molar-refractivity contribution in [1.29, 1.82) is 0 Å². The van der Waals surface area contributed by atoms with Crippen molar-refractivity contribution in [2.45, 2.75) is 39.2 Å². The van der Waals surface area contributed by atoms with Crippen LogP contribution >= 0.6 is 0 Å². The van der Waals surface area contributed by atoms with E-state index in [9.17, 15) is 9.59 Å². The van der Waals surface area contributed by atoms with Gasteiger partial charge >= 0.3 is 5.97 Å². The number of nitrogens with zero attached hydrogens (tertiary/aromatic N) is 1. The van der Waals surface area contributed by atoms with Gasteiger partial charge in [-0.2, -0.15) is 0 Å². The van der Waals surface area contributed by atoms with Crippen molar-refractivity contribution in [3.05, 3.63) is 35.9 Å². The molecule has 0 aromatic heterocycles. The highest BCUT2D eigenvalue weighted by Crippen LogP contribution is 2.24. The van der Waals surface area contributed by atoms with Crippen molar-refractivity contribution < 1.29 is 14.7 Å². The van der Waals surface area contributed by atoms with Gasteiger partial charge in [-0.1, -0.05) is 50.6 Å². The number of hydrogen-bond donors (Lipinski definition) is 2. The monoisotopic (exact) mass is 306 g/mol. The second-order valence-electron chi connectivity index (χ2n) is 5.33. The van der Waals surface area contributed by atoms with E-state index in [-0.39, 0.29) is 25.0 Å². The van der Waals surface area contributed by atoms with Gasteiger partial charge in [0.2, 0.25) is 5.91 Å². The lowest BCUT2D eigenvalue weighted by Crippen LogP contribution is -2.41. The first-order chi connectivity index (χ1) is 10.6. The maximum Gasteiger partial charge on any atom is 0.322 e. The standard InChI is InChI=1S/C17H26N2O3/c1-3-5-11-19(13-16(20)18-12-17(21)22)15(4-2)14-9-7-6-8-10-14/h6-10,15H,3-5,11-13H2,1-2H3,(H,18,20)(H,21,22). The summed E-state index contributed by atoms with van der Waals surface area (Å²) in [4.78, 5) is 24.6. The minimum absolute atomic E-state index is 0.170. The first kappa shape index (κ1) is 18.2. The molecule has 2 N–H and O–H groups in total. The van der Waals surface area contributed by atoms with Gasteiger partial charge in [0.1, 0.15) is 6.54 Å². The summed E-state index contributed by atoms with van der Waals surface area (Å²) in [5.41, 5.74) is 1.19. The number of unbranched alkanes of at least 4 members (excludes halogenated alkanes) is 1. The van der Waals surface area contributed by atoms with Gasteiger partial charge < -0.3 is 10.4 Å². The summed E-state index contributed by atoms with van der Waals surface area (Å²) in [6.45, 7) is 4.94. The topological polar surface area (TPSA) is 69.6 Å². The average Bonchev–Trinajstić information content (AvgIpc) is 2.52. The molecule has 1 atom stereocenters. The van der Waals surface area contributed by atoms with Crippen LogP contribution in [0.2, 0.25) is 0 Å². The van der Waals surface area contributed by atoms with Crippen LogP contribution in [-0.2, 0) is 9.59 Å². The number of benzene rings is 1. The molecule has 0 aliphatic heterocycles. The lowest BCUT2D eigenvalue weighted by Gasteiger charge is -2.31. The van der Waals surface area contributed by atoms with Gasteiger partial charge in [-0.25, -0.2) is 0 Å². The zero-order valence-electron chi connectivity index (χ0n) is 13.4. The van der Waals surface area contributed by atoms with E-state index in [2.05, 4.69) is 36.2 Å². The third-order valence-electron chi connectivity index (χ3n) is 3.59. The molecule has 0 bridgehead atoms. The molecule has 0 spiro atoms. The van der Waals surface area contributed by atoms with Crippen molar-refractivity contribution in [2.24, 2.45) is 0 Å². The fourth-order valence-corrected chi connectivity index (χ4v) is 2.50. The van der Waals surface area contributed by atoms with Crippen LogP contribution in [-0.4, -0.2) is 41.5 Å². The van der Waals surface area contributed by atoms with Crippen LogP contribution in [0.3, 0.4) is 0 Å². The maximum absolute atomic E-state index is 12.0. The lowest BCUT2D eigenvalue weighted by atomic mass is 10.0. The summed E-state index contributed by atoms with van der Waals surface area (Å²) < 4.78 is 0. The molecular formula is C17H26N2O3. The summed E-state index contributed by atoms with van der Waals surface area (Å²) in [7, 11) is 0. The van der Waals surface area contributed by atoms with E-state index in [1.54, 1.807) is 0 Å². The number of hydrogen-bond acceptors (Lipinski definition) is 3. The summed E-state index contributed by atoms with van der Waals surface area (Å²) in [6, 6.07) is 10.3. The Morgan fingerprint density at radius 2 is 1.91 bits per heavy atom. The van der Waals surface area contributed by atoms with Gasteiger partial charge in [0, 0.05) is 6.04 Å². The summed E-state index contributed by atoms with van der Waals surface area (Å²) in [5.74, 6) is -1.27. The summed E-state index contributed by atoms with van der Waals surface area (Å²) in [5, 5.41) is 11.1. The fourth-order valence-electron chi connectivity index (χ4n) is 2.50. The van der Waals surface area contributed by atoms with Gasteiger partial charge in [-0.15, -0.1) is 0 Å². The molecule has 0 saturated heterocycles. The Bertz CT molecular complexity index is 462. The van der Waals surface area contributed by atoms with Gasteiger partial charge in [0.05, 0.1) is 6.54 Å². The van der Waals surface area contributed by atoms with Gasteiger partial charge in [-0.05, 0) is 24.9 Å². The van der Waals surface area contributed by atoms with Crippen LogP contribution in [0.25, 0.3) is 0 Å². The normalized spacial score (nSPS) is 12.1. The first-order valence-corrected chi connectivity index (χ1v) is 7.85. The molecule has 0 radical (unpaired) electrons. The minimum atomic E-state index is -1.02. The third-order valence-corrected chi connectivity index (χ3v) is 3.59. The molecule has 1 aromatic rings. The molecule has 1 aromatic carbocycles. The number of amides is 1. The summed E-state index contributed by atoms with van der Waals surface area (Å²) >= 11 is 0. The van der Waals surface area contributed by atoms with Gasteiger partial charge in [0.15, 0.2) is 0 Å². The van der Waals surface area contributed by atoms with E-state index in [1.807, 2.05) is 18.2 Å². The van der Waals surface area contributed by atoms with E-state index >= 15 is 0 Å². The smallest absolute Gasteiger partial charge is 0.322 e. The molecule has 0 aliphatic carbocycles. The number of carbonyl (C=O) groups excluding carboxylic acids is 1. The highest BCUT2D eigenvalue weighted by Gasteiger charge is 2.20. The van der Waals surface area contributed by atoms with E-state index in [0.717, 1.165) is 25.8 Å². The molecule has 0 fully saturated rings. The number of aliphatic carboxylic acids is 1. The molecule has 1 amide bonds. The van der Waals surface area contributed by atoms with Crippen molar-refractivity contribution in [1.82, 2.24) is 10.2 Å².